The van der Waals surface area contributed by atoms with Crippen LogP contribution in [-0.2, 0) is 0 Å². The number of aromatic nitrogens is 3. The molecule has 8 rings (SSSR count). The average molecular weight is 629 g/mol. The van der Waals surface area contributed by atoms with Crippen molar-refractivity contribution in [3.05, 3.63) is 47.7 Å². The summed E-state index contributed by atoms with van der Waals surface area (Å²) in [7, 11) is 0. The zero-order chi connectivity index (χ0) is 31.6. The Balaban J connectivity index is 1.26. The van der Waals surface area contributed by atoms with Gasteiger partial charge in [0.05, 0.1) is 16.5 Å². The first-order valence-corrected chi connectivity index (χ1v) is 16.1. The quantitative estimate of drug-likeness (QED) is 0.281. The summed E-state index contributed by atoms with van der Waals surface area (Å²) in [5, 5.41) is 15.3. The summed E-state index contributed by atoms with van der Waals surface area (Å²) < 4.78 is 52.4. The Labute approximate surface area is 265 Å². The second-order valence-electron chi connectivity index (χ2n) is 13.3. The number of anilines is 1. The van der Waals surface area contributed by atoms with Crippen molar-refractivity contribution in [3.8, 4) is 35.4 Å². The molecule has 4 aliphatic rings. The maximum Gasteiger partial charge on any atom is 0.319 e. The molecule has 2 aromatic heterocycles. The smallest absolute Gasteiger partial charge is 0.319 e. The van der Waals surface area contributed by atoms with Crippen molar-refractivity contribution in [2.45, 2.75) is 68.7 Å². The van der Waals surface area contributed by atoms with E-state index in [0.29, 0.717) is 61.1 Å². The highest BCUT2D eigenvalue weighted by Crippen LogP contribution is 2.41. The number of rotatable bonds is 5. The molecule has 4 saturated heterocycles. The molecule has 0 spiro atoms. The van der Waals surface area contributed by atoms with Gasteiger partial charge in [-0.05, 0) is 68.7 Å². The first-order chi connectivity index (χ1) is 22.3. The number of nitrogens with one attached hydrogen (secondary N) is 1. The molecule has 4 fully saturated rings. The molecule has 11 heteroatoms. The van der Waals surface area contributed by atoms with E-state index >= 15 is 4.39 Å². The molecule has 2 aromatic carbocycles. The molecule has 0 aliphatic carbocycles. The monoisotopic (exact) mass is 628 g/mol. The predicted octanol–water partition coefficient (Wildman–Crippen LogP) is 5.49. The maximum atomic E-state index is 16.8. The van der Waals surface area contributed by atoms with Crippen LogP contribution in [0.15, 0.2) is 30.5 Å². The molecule has 0 radical (unpaired) electrons. The summed E-state index contributed by atoms with van der Waals surface area (Å²) in [6.07, 6.45) is 12.6. The molecule has 2 N–H and O–H groups in total. The fourth-order valence-corrected chi connectivity index (χ4v) is 8.15. The van der Waals surface area contributed by atoms with E-state index in [2.05, 4.69) is 31.0 Å². The Morgan fingerprint density at radius 1 is 1.07 bits per heavy atom. The van der Waals surface area contributed by atoms with E-state index in [4.69, 9.17) is 16.1 Å². The van der Waals surface area contributed by atoms with Crippen molar-refractivity contribution < 1.29 is 23.0 Å². The number of aromatic hydroxyl groups is 1. The number of hydrogen-bond donors (Lipinski definition) is 2. The molecule has 4 atom stereocenters. The predicted molar refractivity (Wildman–Crippen MR) is 170 cm³/mol. The van der Waals surface area contributed by atoms with Crippen LogP contribution in [0.25, 0.3) is 32.9 Å². The van der Waals surface area contributed by atoms with Crippen molar-refractivity contribution >= 4 is 27.5 Å². The number of piperidine rings is 2. The van der Waals surface area contributed by atoms with Crippen LogP contribution in [0.1, 0.15) is 50.5 Å². The van der Waals surface area contributed by atoms with Gasteiger partial charge in [-0.15, -0.1) is 6.42 Å². The van der Waals surface area contributed by atoms with Crippen LogP contribution >= 0.6 is 0 Å². The lowest BCUT2D eigenvalue weighted by Crippen LogP contribution is -2.60. The van der Waals surface area contributed by atoms with Gasteiger partial charge in [-0.3, -0.25) is 9.88 Å². The number of phenols is 1. The van der Waals surface area contributed by atoms with E-state index < -0.39 is 17.8 Å². The van der Waals surface area contributed by atoms with Crippen LogP contribution in [0.4, 0.5) is 19.0 Å². The van der Waals surface area contributed by atoms with Crippen LogP contribution in [0, 0.1) is 24.0 Å². The fourth-order valence-electron chi connectivity index (χ4n) is 8.15. The zero-order valence-electron chi connectivity index (χ0n) is 25.4. The molecule has 0 amide bonds. The minimum atomic E-state index is -0.852. The zero-order valence-corrected chi connectivity index (χ0v) is 25.4. The van der Waals surface area contributed by atoms with Crippen molar-refractivity contribution in [1.29, 1.82) is 0 Å². The summed E-state index contributed by atoms with van der Waals surface area (Å²) in [5.74, 6) is 1.40. The van der Waals surface area contributed by atoms with E-state index in [0.717, 1.165) is 38.6 Å². The second-order valence-corrected chi connectivity index (χ2v) is 13.3. The third kappa shape index (κ3) is 4.90. The molecule has 4 aromatic rings. The van der Waals surface area contributed by atoms with E-state index in [9.17, 15) is 13.9 Å². The van der Waals surface area contributed by atoms with Crippen LogP contribution in [-0.4, -0.2) is 81.5 Å². The van der Waals surface area contributed by atoms with Gasteiger partial charge in [0.1, 0.15) is 41.4 Å². The van der Waals surface area contributed by atoms with E-state index in [1.165, 1.54) is 30.5 Å². The highest BCUT2D eigenvalue weighted by molar-refractivity contribution is 6.03. The largest absolute Gasteiger partial charge is 0.508 e. The lowest BCUT2D eigenvalue weighted by molar-refractivity contribution is -0.0472. The standard InChI is InChI=1S/C35H35F3N6O2/c1-2-25-28(37)8-5-20-13-24(45)14-26(29(20)25)31-30(38)32-27(15-39-31)33(43-17-22-6-7-23(18-43)40-22)42-34(41-32)46-19-35-10-3-4-12-44(35)16-21(36)9-11-35/h1,5,8,13-15,21-23,40,45H,3-4,6-7,9-12,16-19H2/t21-,22?,23?,35+/m1/s1. The number of ether oxygens (including phenoxy) is 1. The Morgan fingerprint density at radius 2 is 1.89 bits per heavy atom. The molecule has 2 bridgehead atoms. The Hall–Kier alpha value is -4.14. The van der Waals surface area contributed by atoms with Crippen molar-refractivity contribution in [1.82, 2.24) is 25.2 Å². The van der Waals surface area contributed by atoms with E-state index in [1.807, 2.05) is 0 Å². The van der Waals surface area contributed by atoms with Gasteiger partial charge in [0.25, 0.3) is 0 Å². The summed E-state index contributed by atoms with van der Waals surface area (Å²) >= 11 is 0. The summed E-state index contributed by atoms with van der Waals surface area (Å²) in [5.41, 5.74) is -0.312. The van der Waals surface area contributed by atoms with Gasteiger partial charge in [0, 0.05) is 48.9 Å². The van der Waals surface area contributed by atoms with Gasteiger partial charge in [0.2, 0.25) is 0 Å². The third-order valence-corrected chi connectivity index (χ3v) is 10.4. The van der Waals surface area contributed by atoms with Crippen LogP contribution < -0.4 is 15.0 Å². The normalized spacial score (nSPS) is 26.3. The Morgan fingerprint density at radius 3 is 2.70 bits per heavy atom. The van der Waals surface area contributed by atoms with Crippen molar-refractivity contribution in [2.24, 2.45) is 0 Å². The molecular weight excluding hydrogens is 593 g/mol. The summed E-state index contributed by atoms with van der Waals surface area (Å²) in [6, 6.07) is 6.14. The number of alkyl halides is 1. The molecule has 2 unspecified atom stereocenters. The molecule has 6 heterocycles. The van der Waals surface area contributed by atoms with Gasteiger partial charge in [-0.2, -0.15) is 9.97 Å². The molecule has 46 heavy (non-hydrogen) atoms. The van der Waals surface area contributed by atoms with Gasteiger partial charge < -0.3 is 20.1 Å². The number of fused-ring (bicyclic) bond motifs is 5. The number of phenolic OH excluding ortho intramolecular Hbond substituents is 1. The molecule has 4 aliphatic heterocycles. The Kier molecular flexibility index (Phi) is 7.18. The Bertz CT molecular complexity index is 1890. The molecule has 8 nitrogen and oxygen atoms in total. The molecule has 238 valence electrons. The lowest BCUT2D eigenvalue weighted by atomic mass is 9.79. The number of pyridine rings is 1. The number of halogens is 3. The number of nitrogens with zero attached hydrogens (tertiary/aromatic N) is 5. The SMILES string of the molecule is C#Cc1c(F)ccc2cc(O)cc(-c3ncc4c(N5CC6CCC(C5)N6)nc(OC[C@@]56CCCCN5C[C@H](F)CC6)nc4c3F)c12. The van der Waals surface area contributed by atoms with E-state index in [1.54, 1.807) is 0 Å². The topological polar surface area (TPSA) is 86.6 Å². The minimum Gasteiger partial charge on any atom is -0.508 e. The molecular formula is C35H35F3N6O2. The van der Waals surface area contributed by atoms with Gasteiger partial charge in [0.15, 0.2) is 5.82 Å². The van der Waals surface area contributed by atoms with Crippen LogP contribution in [0.5, 0.6) is 11.8 Å². The second kappa shape index (κ2) is 11.3. The van der Waals surface area contributed by atoms with Gasteiger partial charge in [-0.25, -0.2) is 13.2 Å². The van der Waals surface area contributed by atoms with Crippen molar-refractivity contribution in [2.75, 3.05) is 37.7 Å². The number of benzene rings is 2. The first-order valence-electron chi connectivity index (χ1n) is 16.1. The maximum absolute atomic E-state index is 16.8. The fraction of sp³-hybridized carbons (Fsp3) is 0.457. The number of piperazine rings is 1. The highest BCUT2D eigenvalue weighted by atomic mass is 19.1. The first kappa shape index (κ1) is 29.3. The van der Waals surface area contributed by atoms with Crippen LogP contribution in [0.3, 0.4) is 0 Å². The summed E-state index contributed by atoms with van der Waals surface area (Å²) in [4.78, 5) is 18.3. The third-order valence-electron chi connectivity index (χ3n) is 10.4. The molecule has 0 saturated carbocycles. The number of terminal acetylenes is 1. The lowest BCUT2D eigenvalue weighted by Gasteiger charge is -2.50. The van der Waals surface area contributed by atoms with Gasteiger partial charge in [-0.1, -0.05) is 18.4 Å². The average Bonchev–Trinajstić information content (AvgIpc) is 3.40. The van der Waals surface area contributed by atoms with Crippen molar-refractivity contribution in [3.63, 3.8) is 0 Å². The van der Waals surface area contributed by atoms with Gasteiger partial charge >= 0.3 is 6.01 Å². The highest BCUT2D eigenvalue weighted by Gasteiger charge is 2.44. The van der Waals surface area contributed by atoms with Crippen LogP contribution in [0.2, 0.25) is 0 Å². The number of hydrogen-bond acceptors (Lipinski definition) is 8. The van der Waals surface area contributed by atoms with E-state index in [-0.39, 0.29) is 51.6 Å². The summed E-state index contributed by atoms with van der Waals surface area (Å²) in [6.45, 7) is 2.88. The minimum absolute atomic E-state index is 0.0106.